The first-order valence-electron chi connectivity index (χ1n) is 6.67. The van der Waals surface area contributed by atoms with Gasteiger partial charge in [0.05, 0.1) is 0 Å². The first-order chi connectivity index (χ1) is 9.21. The summed E-state index contributed by atoms with van der Waals surface area (Å²) in [4.78, 5) is 34.4. The molecule has 0 saturated heterocycles. The van der Waals surface area contributed by atoms with Gasteiger partial charge in [-0.15, -0.1) is 0 Å². The summed E-state index contributed by atoms with van der Waals surface area (Å²) in [5.74, 6) is -2.42. The van der Waals surface area contributed by atoms with Gasteiger partial charge in [-0.3, -0.25) is 4.79 Å². The summed E-state index contributed by atoms with van der Waals surface area (Å²) in [6.07, 6.45) is -1.50. The summed E-state index contributed by atoms with van der Waals surface area (Å²) in [6.45, 7) is 9.84. The Morgan fingerprint density at radius 1 is 1.00 bits per heavy atom. The SMILES string of the molecule is CC(C)(C)OC(=O)N[C@](CCC(=O)O)(C(=O)O)C(C)(C)C. The molecule has 7 heteroatoms. The lowest BCUT2D eigenvalue weighted by Gasteiger charge is -2.41. The Morgan fingerprint density at radius 3 is 1.76 bits per heavy atom. The van der Waals surface area contributed by atoms with Gasteiger partial charge in [-0.2, -0.15) is 0 Å². The molecule has 0 aliphatic heterocycles. The van der Waals surface area contributed by atoms with Crippen LogP contribution in [0.25, 0.3) is 0 Å². The number of amides is 1. The zero-order chi connectivity index (χ0) is 17.1. The van der Waals surface area contributed by atoms with Crippen LogP contribution in [0.5, 0.6) is 0 Å². The second kappa shape index (κ2) is 6.32. The summed E-state index contributed by atoms with van der Waals surface area (Å²) in [7, 11) is 0. The number of rotatable bonds is 5. The van der Waals surface area contributed by atoms with Gasteiger partial charge in [0.2, 0.25) is 0 Å². The van der Waals surface area contributed by atoms with Crippen LogP contribution in [0.3, 0.4) is 0 Å². The number of alkyl carbamates (subject to hydrolysis) is 1. The molecule has 0 bridgehead atoms. The molecule has 3 N–H and O–H groups in total. The van der Waals surface area contributed by atoms with Crippen molar-refractivity contribution in [1.29, 1.82) is 0 Å². The molecule has 0 aromatic rings. The zero-order valence-corrected chi connectivity index (χ0v) is 13.4. The van der Waals surface area contributed by atoms with Gasteiger partial charge in [-0.1, -0.05) is 20.8 Å². The Labute approximate surface area is 124 Å². The maximum atomic E-state index is 11.9. The lowest BCUT2D eigenvalue weighted by atomic mass is 9.71. The monoisotopic (exact) mass is 303 g/mol. The fraction of sp³-hybridized carbons (Fsp3) is 0.786. The van der Waals surface area contributed by atoms with E-state index in [4.69, 9.17) is 9.84 Å². The van der Waals surface area contributed by atoms with E-state index in [0.29, 0.717) is 0 Å². The summed E-state index contributed by atoms with van der Waals surface area (Å²) < 4.78 is 5.08. The van der Waals surface area contributed by atoms with Gasteiger partial charge in [0, 0.05) is 6.42 Å². The third-order valence-corrected chi connectivity index (χ3v) is 3.07. The molecule has 0 spiro atoms. The summed E-state index contributed by atoms with van der Waals surface area (Å²) in [5, 5.41) is 20.7. The predicted molar refractivity (Wildman–Crippen MR) is 76.1 cm³/mol. The molecule has 0 radical (unpaired) electrons. The van der Waals surface area contributed by atoms with E-state index in [-0.39, 0.29) is 12.8 Å². The van der Waals surface area contributed by atoms with Crippen molar-refractivity contribution in [2.75, 3.05) is 0 Å². The number of carbonyl (C=O) groups is 3. The molecule has 0 aliphatic carbocycles. The molecular weight excluding hydrogens is 278 g/mol. The first-order valence-corrected chi connectivity index (χ1v) is 6.67. The fourth-order valence-electron chi connectivity index (χ4n) is 1.88. The van der Waals surface area contributed by atoms with Gasteiger partial charge < -0.3 is 20.3 Å². The smallest absolute Gasteiger partial charge is 0.408 e. The van der Waals surface area contributed by atoms with Crippen LogP contribution in [0, 0.1) is 5.41 Å². The van der Waals surface area contributed by atoms with Crippen molar-refractivity contribution in [3.63, 3.8) is 0 Å². The van der Waals surface area contributed by atoms with Gasteiger partial charge in [0.25, 0.3) is 0 Å². The highest BCUT2D eigenvalue weighted by atomic mass is 16.6. The average Bonchev–Trinajstić information content (AvgIpc) is 2.18. The quantitative estimate of drug-likeness (QED) is 0.718. The van der Waals surface area contributed by atoms with E-state index >= 15 is 0 Å². The second-order valence-electron chi connectivity index (χ2n) is 6.98. The van der Waals surface area contributed by atoms with E-state index in [1.165, 1.54) is 0 Å². The standard InChI is InChI=1S/C14H25NO6/c1-12(2,3)14(10(18)19,8-7-9(16)17)15-11(20)21-13(4,5)6/h7-8H2,1-6H3,(H,15,20)(H,16,17)(H,18,19)/t14-/m1/s1. The largest absolute Gasteiger partial charge is 0.481 e. The topological polar surface area (TPSA) is 113 Å². The van der Waals surface area contributed by atoms with E-state index in [0.717, 1.165) is 0 Å². The van der Waals surface area contributed by atoms with Crippen LogP contribution in [0.2, 0.25) is 0 Å². The van der Waals surface area contributed by atoms with Gasteiger partial charge in [0.15, 0.2) is 0 Å². The number of hydrogen-bond donors (Lipinski definition) is 3. The molecule has 0 aromatic carbocycles. The highest BCUT2D eigenvalue weighted by Crippen LogP contribution is 2.35. The number of aliphatic carboxylic acids is 2. The third kappa shape index (κ3) is 5.61. The van der Waals surface area contributed by atoms with Crippen LogP contribution < -0.4 is 5.32 Å². The number of carboxylic acid groups (broad SMARTS) is 2. The van der Waals surface area contributed by atoms with Crippen LogP contribution in [0.15, 0.2) is 0 Å². The summed E-state index contributed by atoms with van der Waals surface area (Å²) in [5.41, 5.74) is -3.40. The predicted octanol–water partition coefficient (Wildman–Crippen LogP) is 2.25. The van der Waals surface area contributed by atoms with Crippen molar-refractivity contribution < 1.29 is 29.3 Å². The van der Waals surface area contributed by atoms with Crippen LogP contribution in [0.1, 0.15) is 54.4 Å². The van der Waals surface area contributed by atoms with Crippen molar-refractivity contribution in [3.05, 3.63) is 0 Å². The van der Waals surface area contributed by atoms with Gasteiger partial charge in [-0.25, -0.2) is 9.59 Å². The highest BCUT2D eigenvalue weighted by Gasteiger charge is 2.50. The molecule has 0 saturated carbocycles. The molecule has 0 aliphatic rings. The zero-order valence-electron chi connectivity index (χ0n) is 13.4. The van der Waals surface area contributed by atoms with Gasteiger partial charge in [0.1, 0.15) is 11.1 Å². The van der Waals surface area contributed by atoms with Gasteiger partial charge >= 0.3 is 18.0 Å². The van der Waals surface area contributed by atoms with Crippen molar-refractivity contribution in [2.45, 2.75) is 65.5 Å². The molecule has 7 nitrogen and oxygen atoms in total. The maximum Gasteiger partial charge on any atom is 0.408 e. The van der Waals surface area contributed by atoms with Crippen molar-refractivity contribution in [2.24, 2.45) is 5.41 Å². The molecule has 122 valence electrons. The van der Waals surface area contributed by atoms with Crippen LogP contribution >= 0.6 is 0 Å². The molecule has 0 unspecified atom stereocenters. The fourth-order valence-corrected chi connectivity index (χ4v) is 1.88. The number of hydrogen-bond acceptors (Lipinski definition) is 4. The summed E-state index contributed by atoms with van der Waals surface area (Å²) in [6, 6.07) is 0. The normalized spacial score (nSPS) is 15.0. The van der Waals surface area contributed by atoms with Crippen molar-refractivity contribution in [1.82, 2.24) is 5.32 Å². The Morgan fingerprint density at radius 2 is 1.48 bits per heavy atom. The Bertz CT molecular complexity index is 418. The average molecular weight is 303 g/mol. The highest BCUT2D eigenvalue weighted by molar-refractivity contribution is 5.86. The van der Waals surface area contributed by atoms with E-state index in [9.17, 15) is 19.5 Å². The summed E-state index contributed by atoms with van der Waals surface area (Å²) >= 11 is 0. The second-order valence-corrected chi connectivity index (χ2v) is 6.98. The van der Waals surface area contributed by atoms with Crippen molar-refractivity contribution >= 4 is 18.0 Å². The maximum absolute atomic E-state index is 11.9. The van der Waals surface area contributed by atoms with Crippen LogP contribution in [-0.2, 0) is 14.3 Å². The molecule has 1 atom stereocenters. The lowest BCUT2D eigenvalue weighted by Crippen LogP contribution is -2.63. The Hall–Kier alpha value is -1.79. The number of ether oxygens (including phenoxy) is 1. The first kappa shape index (κ1) is 19.2. The molecular formula is C14H25NO6. The molecule has 0 rings (SSSR count). The Balaban J connectivity index is 5.43. The Kier molecular flexibility index (Phi) is 5.78. The molecule has 0 heterocycles. The van der Waals surface area contributed by atoms with E-state index in [1.54, 1.807) is 41.5 Å². The molecule has 0 aromatic heterocycles. The minimum atomic E-state index is -1.73. The van der Waals surface area contributed by atoms with E-state index in [1.807, 2.05) is 0 Å². The van der Waals surface area contributed by atoms with Crippen LogP contribution in [-0.4, -0.2) is 39.4 Å². The molecule has 1 amide bonds. The molecule has 0 fully saturated rings. The number of carbonyl (C=O) groups excluding carboxylic acids is 1. The lowest BCUT2D eigenvalue weighted by molar-refractivity contribution is -0.151. The number of nitrogens with one attached hydrogen (secondary N) is 1. The minimum absolute atomic E-state index is 0.236. The number of carboxylic acids is 2. The molecule has 21 heavy (non-hydrogen) atoms. The minimum Gasteiger partial charge on any atom is -0.481 e. The van der Waals surface area contributed by atoms with E-state index in [2.05, 4.69) is 5.32 Å². The van der Waals surface area contributed by atoms with Crippen molar-refractivity contribution in [3.8, 4) is 0 Å². The van der Waals surface area contributed by atoms with Crippen LogP contribution in [0.4, 0.5) is 4.79 Å². The van der Waals surface area contributed by atoms with Gasteiger partial charge in [-0.05, 0) is 32.6 Å². The third-order valence-electron chi connectivity index (χ3n) is 3.07. The van der Waals surface area contributed by atoms with E-state index < -0.39 is 34.6 Å².